The van der Waals surface area contributed by atoms with Gasteiger partial charge in [-0.05, 0) is 87.4 Å². The molecule has 2 aromatic rings. The van der Waals surface area contributed by atoms with E-state index in [0.717, 1.165) is 45.3 Å². The molecule has 0 saturated heterocycles. The van der Waals surface area contributed by atoms with Crippen molar-refractivity contribution in [1.29, 1.82) is 5.26 Å². The summed E-state index contributed by atoms with van der Waals surface area (Å²) in [4.78, 5) is 4.84. The second kappa shape index (κ2) is 21.5. The summed E-state index contributed by atoms with van der Waals surface area (Å²) in [5.74, 6) is 1.17. The number of aryl methyl sites for hydroxylation is 1. The van der Waals surface area contributed by atoms with Crippen molar-refractivity contribution in [2.24, 2.45) is 0 Å². The second-order valence-electron chi connectivity index (χ2n) is 13.9. The van der Waals surface area contributed by atoms with E-state index in [1.54, 1.807) is 0 Å². The van der Waals surface area contributed by atoms with Gasteiger partial charge in [0.05, 0.1) is 23.0 Å². The number of nitrogens with one attached hydrogen (secondary N) is 1. The zero-order valence-electron chi connectivity index (χ0n) is 31.4. The number of fused-ring (bicyclic) bond motifs is 1. The Hall–Kier alpha value is -3.45. The van der Waals surface area contributed by atoms with E-state index in [-0.39, 0.29) is 5.41 Å². The quantitative estimate of drug-likeness (QED) is 0.0738. The molecule has 0 radical (unpaired) electrons. The van der Waals surface area contributed by atoms with Crippen LogP contribution in [0.4, 0.5) is 17.1 Å². The molecular weight excluding hydrogens is 585 g/mol. The van der Waals surface area contributed by atoms with Gasteiger partial charge < -0.3 is 15.1 Å². The smallest absolute Gasteiger partial charge is 0.113 e. The van der Waals surface area contributed by atoms with Crippen molar-refractivity contribution < 1.29 is 0 Å². The van der Waals surface area contributed by atoms with E-state index < -0.39 is 0 Å². The fourth-order valence-electron chi connectivity index (χ4n) is 7.29. The molecule has 1 atom stereocenters. The number of allylic oxidation sites excluding steroid dienone is 5. The highest BCUT2D eigenvalue weighted by Gasteiger charge is 2.33. The molecule has 0 amide bonds. The number of para-hydroxylation sites is 2. The minimum Gasteiger partial charge on any atom is -0.385 e. The van der Waals surface area contributed by atoms with Crippen LogP contribution < -0.4 is 15.1 Å². The maximum absolute atomic E-state index is 10.3. The number of nitrogens with zero attached hydrogens (tertiary/aromatic N) is 3. The van der Waals surface area contributed by atoms with Gasteiger partial charge in [-0.25, -0.2) is 0 Å². The SMILES string of the molecule is CCCCCCCC(C/C=C/C(C#N)=C/C=C1N(CCC)c2ccccc2N1CCC)(CCCCCC)c1cc(C)ccc1NCCC. The summed E-state index contributed by atoms with van der Waals surface area (Å²) < 4.78 is 0. The summed E-state index contributed by atoms with van der Waals surface area (Å²) in [5, 5.41) is 14.1. The number of unbranched alkanes of at least 4 members (excludes halogenated alkanes) is 7. The van der Waals surface area contributed by atoms with E-state index in [1.807, 2.05) is 6.08 Å². The maximum atomic E-state index is 10.3. The molecule has 0 aromatic heterocycles. The molecule has 0 saturated carbocycles. The first-order valence-corrected chi connectivity index (χ1v) is 19.5. The largest absolute Gasteiger partial charge is 0.385 e. The van der Waals surface area contributed by atoms with Gasteiger partial charge >= 0.3 is 0 Å². The van der Waals surface area contributed by atoms with Crippen molar-refractivity contribution in [2.45, 2.75) is 143 Å². The molecule has 1 heterocycles. The highest BCUT2D eigenvalue weighted by molar-refractivity contribution is 5.82. The molecular formula is C44H66N4. The van der Waals surface area contributed by atoms with Gasteiger partial charge in [0, 0.05) is 30.7 Å². The maximum Gasteiger partial charge on any atom is 0.113 e. The molecule has 1 aliphatic rings. The zero-order valence-corrected chi connectivity index (χ0v) is 31.4. The lowest BCUT2D eigenvalue weighted by Crippen LogP contribution is -2.29. The third-order valence-corrected chi connectivity index (χ3v) is 9.84. The molecule has 48 heavy (non-hydrogen) atoms. The number of benzene rings is 2. The third kappa shape index (κ3) is 11.0. The molecule has 262 valence electrons. The summed E-state index contributed by atoms with van der Waals surface area (Å²) in [6.45, 7) is 16.4. The highest BCUT2D eigenvalue weighted by atomic mass is 15.4. The molecule has 0 spiro atoms. The van der Waals surface area contributed by atoms with Crippen LogP contribution in [0.15, 0.2) is 78.2 Å². The monoisotopic (exact) mass is 651 g/mol. The second-order valence-corrected chi connectivity index (χ2v) is 13.9. The highest BCUT2D eigenvalue weighted by Crippen LogP contribution is 2.44. The molecule has 2 aromatic carbocycles. The number of rotatable bonds is 23. The summed E-state index contributed by atoms with van der Waals surface area (Å²) in [7, 11) is 0. The average molecular weight is 651 g/mol. The predicted molar refractivity (Wildman–Crippen MR) is 211 cm³/mol. The van der Waals surface area contributed by atoms with E-state index >= 15 is 0 Å². The van der Waals surface area contributed by atoms with Crippen molar-refractivity contribution in [3.63, 3.8) is 0 Å². The molecule has 1 N–H and O–H groups in total. The van der Waals surface area contributed by atoms with Crippen LogP contribution in [-0.2, 0) is 5.41 Å². The Balaban J connectivity index is 2.00. The van der Waals surface area contributed by atoms with Gasteiger partial charge in [-0.3, -0.25) is 0 Å². The van der Waals surface area contributed by atoms with Gasteiger partial charge in [0.1, 0.15) is 5.82 Å². The lowest BCUT2D eigenvalue weighted by atomic mass is 9.69. The topological polar surface area (TPSA) is 42.3 Å². The summed E-state index contributed by atoms with van der Waals surface area (Å²) in [5.41, 5.74) is 7.39. The van der Waals surface area contributed by atoms with E-state index in [4.69, 9.17) is 0 Å². The van der Waals surface area contributed by atoms with E-state index in [2.05, 4.69) is 123 Å². The zero-order chi connectivity index (χ0) is 34.6. The molecule has 1 unspecified atom stereocenters. The number of hydrogen-bond acceptors (Lipinski definition) is 4. The minimum absolute atomic E-state index is 0.0422. The van der Waals surface area contributed by atoms with Gasteiger partial charge in [0.25, 0.3) is 0 Å². The minimum atomic E-state index is 0.0422. The van der Waals surface area contributed by atoms with E-state index in [9.17, 15) is 5.26 Å². The fourth-order valence-corrected chi connectivity index (χ4v) is 7.29. The summed E-state index contributed by atoms with van der Waals surface area (Å²) in [6, 6.07) is 18.3. The van der Waals surface area contributed by atoms with Crippen LogP contribution in [0.1, 0.15) is 142 Å². The molecule has 1 aliphatic heterocycles. The van der Waals surface area contributed by atoms with Gasteiger partial charge in [0.15, 0.2) is 0 Å². The van der Waals surface area contributed by atoms with Crippen LogP contribution in [-0.4, -0.2) is 19.6 Å². The molecule has 4 heteroatoms. The van der Waals surface area contributed by atoms with Crippen molar-refractivity contribution in [3.05, 3.63) is 89.3 Å². The van der Waals surface area contributed by atoms with Crippen LogP contribution in [0.3, 0.4) is 0 Å². The number of nitriles is 1. The van der Waals surface area contributed by atoms with Crippen molar-refractivity contribution in [1.82, 2.24) is 0 Å². The summed E-state index contributed by atoms with van der Waals surface area (Å²) in [6.07, 6.45) is 26.7. The molecule has 3 rings (SSSR count). The Morgan fingerprint density at radius 1 is 0.771 bits per heavy atom. The fraction of sp³-hybridized carbons (Fsp3) is 0.568. The molecule has 0 aliphatic carbocycles. The Morgan fingerprint density at radius 3 is 1.94 bits per heavy atom. The Kier molecular flexibility index (Phi) is 17.5. The summed E-state index contributed by atoms with van der Waals surface area (Å²) >= 11 is 0. The third-order valence-electron chi connectivity index (χ3n) is 9.84. The Labute approximate surface area is 295 Å². The van der Waals surface area contributed by atoms with E-state index in [0.29, 0.717) is 5.57 Å². The van der Waals surface area contributed by atoms with Crippen LogP contribution >= 0.6 is 0 Å². The van der Waals surface area contributed by atoms with Crippen LogP contribution in [0.2, 0.25) is 0 Å². The van der Waals surface area contributed by atoms with Gasteiger partial charge in [-0.15, -0.1) is 0 Å². The van der Waals surface area contributed by atoms with Crippen molar-refractivity contribution >= 4 is 17.1 Å². The van der Waals surface area contributed by atoms with Gasteiger partial charge in [-0.1, -0.05) is 128 Å². The molecule has 0 fully saturated rings. The van der Waals surface area contributed by atoms with Gasteiger partial charge in [0.2, 0.25) is 0 Å². The van der Waals surface area contributed by atoms with E-state index in [1.165, 1.54) is 105 Å². The number of hydrogen-bond donors (Lipinski definition) is 1. The molecule has 4 nitrogen and oxygen atoms in total. The van der Waals surface area contributed by atoms with Crippen molar-refractivity contribution in [2.75, 3.05) is 34.8 Å². The Morgan fingerprint density at radius 2 is 1.38 bits per heavy atom. The van der Waals surface area contributed by atoms with Crippen LogP contribution in [0.25, 0.3) is 0 Å². The van der Waals surface area contributed by atoms with Crippen LogP contribution in [0, 0.1) is 18.3 Å². The van der Waals surface area contributed by atoms with Crippen LogP contribution in [0.5, 0.6) is 0 Å². The lowest BCUT2D eigenvalue weighted by Gasteiger charge is -2.36. The Bertz CT molecular complexity index is 1330. The lowest BCUT2D eigenvalue weighted by molar-refractivity contribution is 0.336. The van der Waals surface area contributed by atoms with Crippen molar-refractivity contribution in [3.8, 4) is 6.07 Å². The first-order chi connectivity index (χ1) is 23.5. The molecule has 0 bridgehead atoms. The normalized spacial score (nSPS) is 14.4. The van der Waals surface area contributed by atoms with Gasteiger partial charge in [-0.2, -0.15) is 5.26 Å². The number of anilines is 3. The first-order valence-electron chi connectivity index (χ1n) is 19.5. The predicted octanol–water partition coefficient (Wildman–Crippen LogP) is 12.8. The standard InChI is InChI=1S/C44H66N4/c1-7-12-14-16-20-30-44(29-19-15-13-8-2,39-35-37(6)25-27-40(39)46-32-9-3)31-21-22-38(36-45)26-28-43-47(33-10-4)41-23-17-18-24-42(41)48(43)34-11-5/h17-18,21-28,35,46H,7-16,19-20,29-34H2,1-6H3/b22-21+,38-26-. The first kappa shape index (κ1) is 39.0. The average Bonchev–Trinajstić information content (AvgIpc) is 3.39.